The molecule has 0 aliphatic heterocycles. The van der Waals surface area contributed by atoms with Crippen LogP contribution in [0, 0.1) is 0 Å². The number of benzene rings is 3. The average molecular weight is 681 g/mol. The highest BCUT2D eigenvalue weighted by atomic mass is 15.2. The summed E-state index contributed by atoms with van der Waals surface area (Å²) in [7, 11) is 0. The molecule has 3 aromatic carbocycles. The van der Waals surface area contributed by atoms with Crippen molar-refractivity contribution in [2.75, 3.05) is 0 Å². The van der Waals surface area contributed by atoms with Crippen LogP contribution >= 0.6 is 0 Å². The van der Waals surface area contributed by atoms with E-state index in [0.717, 1.165) is 50.6 Å². The summed E-state index contributed by atoms with van der Waals surface area (Å²) in [6.45, 7) is 3.80. The van der Waals surface area contributed by atoms with Gasteiger partial charge in [-0.15, -0.1) is 0 Å². The molecule has 6 aromatic heterocycles. The van der Waals surface area contributed by atoms with Gasteiger partial charge in [0, 0.05) is 56.8 Å². The van der Waals surface area contributed by atoms with Gasteiger partial charge in [0.25, 0.3) is 0 Å². The van der Waals surface area contributed by atoms with Crippen molar-refractivity contribution in [3.63, 3.8) is 0 Å². The van der Waals surface area contributed by atoms with Crippen molar-refractivity contribution in [1.82, 2.24) is 48.5 Å². The first-order valence-electron chi connectivity index (χ1n) is 17.5. The highest BCUT2D eigenvalue weighted by molar-refractivity contribution is 5.77. The molecule has 0 saturated heterocycles. The quantitative estimate of drug-likeness (QED) is 0.134. The Morgan fingerprint density at radius 3 is 0.962 bits per heavy atom. The molecule has 9 aromatic rings. The molecular formula is C42H36N10. The predicted molar refractivity (Wildman–Crippen MR) is 202 cm³/mol. The molecule has 0 saturated carbocycles. The van der Waals surface area contributed by atoms with Crippen LogP contribution in [0.5, 0.6) is 0 Å². The first-order valence-corrected chi connectivity index (χ1v) is 17.5. The number of fused-ring (bicyclic) bond motifs is 3. The van der Waals surface area contributed by atoms with Crippen molar-refractivity contribution in [2.24, 2.45) is 0 Å². The Morgan fingerprint density at radius 1 is 0.365 bits per heavy atom. The number of rotatable bonds is 12. The smallest absolute Gasteiger partial charge is 0.124 e. The van der Waals surface area contributed by atoms with E-state index < -0.39 is 0 Å². The molecule has 0 spiro atoms. The van der Waals surface area contributed by atoms with Gasteiger partial charge in [0.15, 0.2) is 0 Å². The lowest BCUT2D eigenvalue weighted by Crippen LogP contribution is -2.28. The second kappa shape index (κ2) is 14.0. The van der Waals surface area contributed by atoms with Crippen molar-refractivity contribution in [2.45, 2.75) is 39.3 Å². The Hall–Kier alpha value is -6.52. The Labute approximate surface area is 300 Å². The molecule has 10 nitrogen and oxygen atoms in total. The molecule has 0 atom stereocenters. The van der Waals surface area contributed by atoms with E-state index in [2.05, 4.69) is 143 Å². The normalized spacial score (nSPS) is 11.7. The summed E-state index contributed by atoms with van der Waals surface area (Å²) in [6, 6.07) is 37.5. The summed E-state index contributed by atoms with van der Waals surface area (Å²) in [5, 5.41) is 0. The van der Waals surface area contributed by atoms with Gasteiger partial charge in [-0.3, -0.25) is 19.9 Å². The third-order valence-electron chi connectivity index (χ3n) is 9.57. The number of hydrogen-bond acceptors (Lipinski definition) is 7. The van der Waals surface area contributed by atoms with Crippen molar-refractivity contribution in [1.29, 1.82) is 0 Å². The molecule has 0 N–H and O–H groups in total. The van der Waals surface area contributed by atoms with E-state index in [1.54, 1.807) is 0 Å². The molecule has 10 heteroatoms. The molecule has 0 unspecified atom stereocenters. The van der Waals surface area contributed by atoms with Crippen LogP contribution in [0.4, 0.5) is 0 Å². The van der Waals surface area contributed by atoms with Crippen LogP contribution in [0.2, 0.25) is 0 Å². The SMILES string of the molecule is c1ccc2c(c1)nc(CN(Cc1nc3ccccc3n1Cc1ccncc1)Cc1nc3ccccc3n1Cc1ccncc1)n2Cc1ccncc1. The fraction of sp³-hybridized carbons (Fsp3) is 0.143. The van der Waals surface area contributed by atoms with Gasteiger partial charge in [-0.25, -0.2) is 15.0 Å². The molecule has 0 aliphatic rings. The molecule has 254 valence electrons. The number of pyridine rings is 3. The second-order valence-electron chi connectivity index (χ2n) is 13.0. The van der Waals surface area contributed by atoms with Gasteiger partial charge >= 0.3 is 0 Å². The Balaban J connectivity index is 1.16. The molecule has 0 bridgehead atoms. The summed E-state index contributed by atoms with van der Waals surface area (Å²) in [6.07, 6.45) is 11.1. The first-order chi connectivity index (χ1) is 25.7. The zero-order valence-electron chi connectivity index (χ0n) is 28.6. The van der Waals surface area contributed by atoms with Crippen molar-refractivity contribution < 1.29 is 0 Å². The molecular weight excluding hydrogens is 645 g/mol. The highest BCUT2D eigenvalue weighted by Crippen LogP contribution is 2.25. The average Bonchev–Trinajstić information content (AvgIpc) is 3.83. The minimum atomic E-state index is 0.580. The molecule has 0 amide bonds. The van der Waals surface area contributed by atoms with E-state index in [0.29, 0.717) is 39.3 Å². The monoisotopic (exact) mass is 680 g/mol. The zero-order valence-corrected chi connectivity index (χ0v) is 28.6. The highest BCUT2D eigenvalue weighted by Gasteiger charge is 2.22. The number of nitrogens with zero attached hydrogens (tertiary/aromatic N) is 10. The lowest BCUT2D eigenvalue weighted by Gasteiger charge is -2.23. The summed E-state index contributed by atoms with van der Waals surface area (Å²) in [5.74, 6) is 2.94. The summed E-state index contributed by atoms with van der Waals surface area (Å²) in [4.78, 5) is 30.9. The van der Waals surface area contributed by atoms with Gasteiger partial charge in [-0.2, -0.15) is 0 Å². The molecule has 9 rings (SSSR count). The van der Waals surface area contributed by atoms with E-state index in [9.17, 15) is 0 Å². The van der Waals surface area contributed by atoms with E-state index in [-0.39, 0.29) is 0 Å². The Bertz CT molecular complexity index is 2300. The topological polar surface area (TPSA) is 95.4 Å². The predicted octanol–water partition coefficient (Wildman–Crippen LogP) is 7.27. The summed E-state index contributed by atoms with van der Waals surface area (Å²) >= 11 is 0. The first kappa shape index (κ1) is 31.5. The van der Waals surface area contributed by atoms with Crippen LogP contribution in [-0.4, -0.2) is 48.5 Å². The summed E-state index contributed by atoms with van der Waals surface area (Å²) < 4.78 is 6.99. The van der Waals surface area contributed by atoms with Crippen molar-refractivity contribution in [3.8, 4) is 0 Å². The Morgan fingerprint density at radius 2 is 0.654 bits per heavy atom. The molecule has 52 heavy (non-hydrogen) atoms. The molecule has 0 fully saturated rings. The maximum Gasteiger partial charge on any atom is 0.124 e. The standard InChI is InChI=1S/C42H36N10/c1-4-10-37-34(7-1)46-40(50(37)25-31-13-19-43-20-14-31)28-49(29-41-47-35-8-2-5-11-38(35)51(41)26-32-15-21-44-22-16-32)30-42-48-36-9-3-6-12-39(36)52(42)27-33-17-23-45-24-18-33/h1-24H,25-30H2. The van der Waals surface area contributed by atoms with Crippen LogP contribution in [0.15, 0.2) is 146 Å². The van der Waals surface area contributed by atoms with Crippen molar-refractivity contribution in [3.05, 3.63) is 181 Å². The lowest BCUT2D eigenvalue weighted by atomic mass is 10.2. The lowest BCUT2D eigenvalue weighted by molar-refractivity contribution is 0.222. The second-order valence-corrected chi connectivity index (χ2v) is 13.0. The molecule has 0 aliphatic carbocycles. The van der Waals surface area contributed by atoms with Crippen LogP contribution in [0.1, 0.15) is 34.2 Å². The van der Waals surface area contributed by atoms with Gasteiger partial charge in [0.1, 0.15) is 17.5 Å². The largest absolute Gasteiger partial charge is 0.322 e. The van der Waals surface area contributed by atoms with Gasteiger partial charge < -0.3 is 13.7 Å². The third-order valence-corrected chi connectivity index (χ3v) is 9.57. The maximum absolute atomic E-state index is 5.24. The number of para-hydroxylation sites is 6. The van der Waals surface area contributed by atoms with Gasteiger partial charge in [0.05, 0.1) is 52.7 Å². The van der Waals surface area contributed by atoms with Crippen molar-refractivity contribution >= 4 is 33.1 Å². The van der Waals surface area contributed by atoms with E-state index in [1.165, 1.54) is 16.7 Å². The number of hydrogen-bond donors (Lipinski definition) is 0. The van der Waals surface area contributed by atoms with E-state index in [4.69, 9.17) is 15.0 Å². The van der Waals surface area contributed by atoms with Crippen LogP contribution in [0.25, 0.3) is 33.1 Å². The van der Waals surface area contributed by atoms with Crippen LogP contribution in [-0.2, 0) is 39.3 Å². The van der Waals surface area contributed by atoms with Crippen LogP contribution in [0.3, 0.4) is 0 Å². The van der Waals surface area contributed by atoms with Crippen LogP contribution < -0.4 is 0 Å². The number of aromatic nitrogens is 9. The number of imidazole rings is 3. The molecule has 0 radical (unpaired) electrons. The minimum Gasteiger partial charge on any atom is -0.322 e. The van der Waals surface area contributed by atoms with E-state index in [1.807, 2.05) is 37.2 Å². The maximum atomic E-state index is 5.24. The summed E-state index contributed by atoms with van der Waals surface area (Å²) in [5.41, 5.74) is 9.74. The van der Waals surface area contributed by atoms with Gasteiger partial charge in [-0.1, -0.05) is 36.4 Å². The zero-order chi connectivity index (χ0) is 34.7. The van der Waals surface area contributed by atoms with E-state index >= 15 is 0 Å². The fourth-order valence-corrected chi connectivity index (χ4v) is 7.05. The van der Waals surface area contributed by atoms with Gasteiger partial charge in [0.2, 0.25) is 0 Å². The third kappa shape index (κ3) is 6.43. The minimum absolute atomic E-state index is 0.580. The molecule has 6 heterocycles. The Kier molecular flexibility index (Phi) is 8.47. The fourth-order valence-electron chi connectivity index (χ4n) is 7.05. The van der Waals surface area contributed by atoms with Gasteiger partial charge in [-0.05, 0) is 89.5 Å².